The first-order valence-corrected chi connectivity index (χ1v) is 13.6. The number of imidazole rings is 1. The third-order valence-corrected chi connectivity index (χ3v) is 7.15. The zero-order chi connectivity index (χ0) is 30.1. The van der Waals surface area contributed by atoms with E-state index in [-0.39, 0.29) is 52.0 Å². The zero-order valence-electron chi connectivity index (χ0n) is 22.7. The number of pyridine rings is 1. The van der Waals surface area contributed by atoms with Crippen LogP contribution < -0.4 is 9.47 Å². The fourth-order valence-corrected chi connectivity index (χ4v) is 4.73. The Morgan fingerprint density at radius 3 is 2.51 bits per heavy atom. The maximum atomic E-state index is 15.4. The summed E-state index contributed by atoms with van der Waals surface area (Å²) in [6.45, 7) is 0.779. The van der Waals surface area contributed by atoms with Crippen LogP contribution in [-0.2, 0) is 22.6 Å². The summed E-state index contributed by atoms with van der Waals surface area (Å²) in [4.78, 5) is 20.8. The molecule has 0 saturated carbocycles. The normalized spacial score (nSPS) is 14.4. The standard InChI is InChI=1S/C31H23ClF3N3O5/c1-40-30(39)17-6-8-26-27(13-17)38(15-21-9-10-41-21)31(37-26)43-29-23(34)11-19(12-24(29)35)25-3-2-4-28(36-25)42-16-18-5-7-20(32)14-22(18)33/h2-8,11-14,21H,9-10,15-16H2,1H3/t21-/m0/s1. The van der Waals surface area contributed by atoms with Gasteiger partial charge in [0.25, 0.3) is 0 Å². The van der Waals surface area contributed by atoms with Crippen molar-refractivity contribution in [2.75, 3.05) is 13.7 Å². The van der Waals surface area contributed by atoms with Crippen LogP contribution in [0, 0.1) is 17.5 Å². The fourth-order valence-electron chi connectivity index (χ4n) is 4.57. The summed E-state index contributed by atoms with van der Waals surface area (Å²) in [6.07, 6.45) is 0.646. The van der Waals surface area contributed by atoms with Crippen molar-refractivity contribution in [2.45, 2.75) is 25.7 Å². The first-order chi connectivity index (χ1) is 20.8. The van der Waals surface area contributed by atoms with Gasteiger partial charge in [-0.05, 0) is 55.0 Å². The highest BCUT2D eigenvalue weighted by Crippen LogP contribution is 2.34. The van der Waals surface area contributed by atoms with Crippen LogP contribution in [0.4, 0.5) is 13.2 Å². The Bertz CT molecular complexity index is 1820. The van der Waals surface area contributed by atoms with Crippen molar-refractivity contribution in [3.8, 4) is 28.9 Å². The molecule has 220 valence electrons. The van der Waals surface area contributed by atoms with E-state index in [0.717, 1.165) is 18.6 Å². The summed E-state index contributed by atoms with van der Waals surface area (Å²) >= 11 is 5.79. The number of hydrogen-bond acceptors (Lipinski definition) is 7. The SMILES string of the molecule is COC(=O)c1ccc2nc(Oc3c(F)cc(-c4cccc(OCc5ccc(Cl)cc5F)n4)cc3F)n(C[C@@H]3CCO3)c2c1. The summed E-state index contributed by atoms with van der Waals surface area (Å²) in [5, 5.41) is 0.259. The van der Waals surface area contributed by atoms with Gasteiger partial charge in [-0.25, -0.2) is 22.9 Å². The monoisotopic (exact) mass is 609 g/mol. The Kier molecular flexibility index (Phi) is 7.92. The quantitative estimate of drug-likeness (QED) is 0.165. The highest BCUT2D eigenvalue weighted by Gasteiger charge is 2.25. The molecule has 1 aliphatic heterocycles. The van der Waals surface area contributed by atoms with E-state index in [1.54, 1.807) is 41.0 Å². The second-order valence-corrected chi connectivity index (χ2v) is 10.2. The highest BCUT2D eigenvalue weighted by molar-refractivity contribution is 6.30. The molecule has 1 aliphatic rings. The number of halogens is 4. The molecule has 2 aromatic heterocycles. The molecule has 3 aromatic carbocycles. The number of aromatic nitrogens is 3. The molecule has 43 heavy (non-hydrogen) atoms. The minimum atomic E-state index is -0.986. The van der Waals surface area contributed by atoms with Crippen LogP contribution in [0.15, 0.2) is 66.7 Å². The van der Waals surface area contributed by atoms with E-state index in [1.165, 1.54) is 25.3 Å². The lowest BCUT2D eigenvalue weighted by atomic mass is 10.1. The van der Waals surface area contributed by atoms with Crippen LogP contribution in [0.25, 0.3) is 22.3 Å². The van der Waals surface area contributed by atoms with Crippen molar-refractivity contribution in [3.63, 3.8) is 0 Å². The molecule has 0 unspecified atom stereocenters. The van der Waals surface area contributed by atoms with Gasteiger partial charge in [0.15, 0.2) is 11.6 Å². The van der Waals surface area contributed by atoms with Crippen LogP contribution >= 0.6 is 11.6 Å². The largest absolute Gasteiger partial charge is 0.473 e. The molecule has 0 radical (unpaired) electrons. The molecule has 1 fully saturated rings. The Labute approximate surface area is 248 Å². The van der Waals surface area contributed by atoms with E-state index in [0.29, 0.717) is 24.2 Å². The van der Waals surface area contributed by atoms with Crippen LogP contribution in [0.1, 0.15) is 22.3 Å². The molecule has 0 spiro atoms. The average Bonchev–Trinajstić information content (AvgIpc) is 3.32. The van der Waals surface area contributed by atoms with Gasteiger partial charge in [0.05, 0.1) is 42.0 Å². The van der Waals surface area contributed by atoms with Crippen molar-refractivity contribution in [1.82, 2.24) is 14.5 Å². The molecule has 1 atom stereocenters. The second-order valence-electron chi connectivity index (χ2n) is 9.74. The van der Waals surface area contributed by atoms with Crippen LogP contribution in [0.3, 0.4) is 0 Å². The zero-order valence-corrected chi connectivity index (χ0v) is 23.4. The van der Waals surface area contributed by atoms with E-state index in [9.17, 15) is 9.18 Å². The third-order valence-electron chi connectivity index (χ3n) is 6.92. The number of esters is 1. The Hall–Kier alpha value is -4.61. The van der Waals surface area contributed by atoms with Gasteiger partial charge in [0, 0.05) is 28.8 Å². The first-order valence-electron chi connectivity index (χ1n) is 13.2. The highest BCUT2D eigenvalue weighted by atomic mass is 35.5. The van der Waals surface area contributed by atoms with Gasteiger partial charge in [-0.1, -0.05) is 23.7 Å². The summed E-state index contributed by atoms with van der Waals surface area (Å²) in [7, 11) is 1.27. The smallest absolute Gasteiger partial charge is 0.337 e. The Balaban J connectivity index is 1.27. The number of ether oxygens (including phenoxy) is 4. The van der Waals surface area contributed by atoms with Crippen LogP contribution in [0.2, 0.25) is 5.02 Å². The van der Waals surface area contributed by atoms with Crippen molar-refractivity contribution in [3.05, 3.63) is 100 Å². The molecule has 8 nitrogen and oxygen atoms in total. The lowest BCUT2D eigenvalue weighted by Crippen LogP contribution is -2.31. The number of benzene rings is 3. The topological polar surface area (TPSA) is 84.7 Å². The number of nitrogens with zero attached hydrogens (tertiary/aromatic N) is 3. The van der Waals surface area contributed by atoms with Crippen molar-refractivity contribution in [1.29, 1.82) is 0 Å². The molecule has 6 rings (SSSR count). The Morgan fingerprint density at radius 2 is 1.81 bits per heavy atom. The maximum absolute atomic E-state index is 15.4. The molecule has 0 bridgehead atoms. The first kappa shape index (κ1) is 28.5. The molecule has 0 aliphatic carbocycles. The number of carbonyl (C=O) groups excluding carboxylic acids is 1. The number of carbonyl (C=O) groups is 1. The van der Waals surface area contributed by atoms with Gasteiger partial charge >= 0.3 is 12.0 Å². The molecule has 5 aromatic rings. The maximum Gasteiger partial charge on any atom is 0.337 e. The van der Waals surface area contributed by atoms with Crippen molar-refractivity contribution >= 4 is 28.6 Å². The van der Waals surface area contributed by atoms with Gasteiger partial charge in [-0.15, -0.1) is 0 Å². The minimum absolute atomic E-state index is 0.0685. The number of fused-ring (bicyclic) bond motifs is 1. The van der Waals surface area contributed by atoms with E-state index in [2.05, 4.69) is 9.97 Å². The average molecular weight is 610 g/mol. The number of methoxy groups -OCH3 is 1. The molecular weight excluding hydrogens is 587 g/mol. The number of rotatable bonds is 9. The summed E-state index contributed by atoms with van der Waals surface area (Å²) in [6, 6.07) is 15.7. The molecule has 0 N–H and O–H groups in total. The van der Waals surface area contributed by atoms with Gasteiger partial charge in [-0.2, -0.15) is 4.98 Å². The molecule has 12 heteroatoms. The molecule has 1 saturated heterocycles. The number of hydrogen-bond donors (Lipinski definition) is 0. The van der Waals surface area contributed by atoms with Crippen LogP contribution in [-0.4, -0.2) is 40.3 Å². The second kappa shape index (κ2) is 11.9. The lowest BCUT2D eigenvalue weighted by molar-refractivity contribution is -0.0593. The molecular formula is C31H23ClF3N3O5. The van der Waals surface area contributed by atoms with Crippen molar-refractivity contribution in [2.24, 2.45) is 0 Å². The van der Waals surface area contributed by atoms with E-state index in [4.69, 9.17) is 30.5 Å². The summed E-state index contributed by atoms with van der Waals surface area (Å²) in [5.74, 6) is -3.56. The predicted molar refractivity (Wildman–Crippen MR) is 151 cm³/mol. The third kappa shape index (κ3) is 5.99. The summed E-state index contributed by atoms with van der Waals surface area (Å²) < 4.78 is 68.1. The predicted octanol–water partition coefficient (Wildman–Crippen LogP) is 7.12. The molecule has 3 heterocycles. The Morgan fingerprint density at radius 1 is 1.02 bits per heavy atom. The van der Waals surface area contributed by atoms with Gasteiger partial charge in [-0.3, -0.25) is 4.57 Å². The lowest BCUT2D eigenvalue weighted by Gasteiger charge is -2.27. The fraction of sp³-hybridized carbons (Fsp3) is 0.194. The van der Waals surface area contributed by atoms with Crippen molar-refractivity contribution < 1.29 is 36.9 Å². The van der Waals surface area contributed by atoms with Crippen LogP contribution in [0.5, 0.6) is 17.6 Å². The van der Waals surface area contributed by atoms with E-state index < -0.39 is 29.2 Å². The van der Waals surface area contributed by atoms with Gasteiger partial charge in [0.1, 0.15) is 12.4 Å². The van der Waals surface area contributed by atoms with E-state index in [1.807, 2.05) is 0 Å². The van der Waals surface area contributed by atoms with Gasteiger partial charge < -0.3 is 18.9 Å². The van der Waals surface area contributed by atoms with E-state index >= 15 is 8.78 Å². The minimum Gasteiger partial charge on any atom is -0.473 e. The molecule has 0 amide bonds. The summed E-state index contributed by atoms with van der Waals surface area (Å²) in [5.41, 5.74) is 1.89. The van der Waals surface area contributed by atoms with Gasteiger partial charge in [0.2, 0.25) is 11.6 Å².